The second-order valence-electron chi connectivity index (χ2n) is 9.02. The average Bonchev–Trinajstić information content (AvgIpc) is 3.31. The van der Waals surface area contributed by atoms with E-state index in [1.54, 1.807) is 25.4 Å². The zero-order chi connectivity index (χ0) is 22.4. The van der Waals surface area contributed by atoms with Gasteiger partial charge in [-0.1, -0.05) is 6.07 Å². The Morgan fingerprint density at radius 3 is 2.79 bits per heavy atom. The Hall–Kier alpha value is -3.43. The monoisotopic (exact) mass is 450 g/mol. The number of guanidine groups is 2. The molecule has 33 heavy (non-hydrogen) atoms. The van der Waals surface area contributed by atoms with E-state index in [4.69, 9.17) is 14.7 Å². The molecule has 2 atom stereocenters. The van der Waals surface area contributed by atoms with Gasteiger partial charge in [0.25, 0.3) is 0 Å². The molecule has 6 rings (SSSR count). The van der Waals surface area contributed by atoms with Crippen LogP contribution >= 0.6 is 0 Å². The number of halogens is 1. The number of aliphatic imine (C=N–C) groups is 2. The highest BCUT2D eigenvalue weighted by Gasteiger charge is 2.44. The van der Waals surface area contributed by atoms with Gasteiger partial charge in [-0.05, 0) is 49.3 Å². The fourth-order valence-corrected chi connectivity index (χ4v) is 5.46. The molecule has 1 aromatic carbocycles. The van der Waals surface area contributed by atoms with Crippen LogP contribution in [-0.4, -0.2) is 66.5 Å². The van der Waals surface area contributed by atoms with E-state index < -0.39 is 0 Å². The quantitative estimate of drug-likeness (QED) is 0.765. The molecule has 1 aromatic heterocycles. The summed E-state index contributed by atoms with van der Waals surface area (Å²) in [6.07, 6.45) is 5.06. The number of nitrogens with zero attached hydrogens (tertiary/aromatic N) is 7. The largest absolute Gasteiger partial charge is 0.480 e. The number of hydrazine groups is 1. The van der Waals surface area contributed by atoms with E-state index >= 15 is 0 Å². The lowest BCUT2D eigenvalue weighted by Gasteiger charge is -2.37. The number of piperidine rings is 1. The van der Waals surface area contributed by atoms with Gasteiger partial charge in [0.05, 0.1) is 30.7 Å². The lowest BCUT2D eigenvalue weighted by molar-refractivity contribution is 0.347. The molecule has 9 nitrogen and oxygen atoms in total. The number of methoxy groups -OCH3 is 1. The fourth-order valence-electron chi connectivity index (χ4n) is 5.46. The van der Waals surface area contributed by atoms with Crippen LogP contribution in [-0.2, 0) is 0 Å². The molecule has 2 unspecified atom stereocenters. The van der Waals surface area contributed by atoms with Gasteiger partial charge in [-0.25, -0.2) is 14.3 Å². The van der Waals surface area contributed by atoms with Gasteiger partial charge < -0.3 is 9.64 Å². The molecule has 2 aromatic rings. The molecule has 0 amide bonds. The highest BCUT2D eigenvalue weighted by Crippen LogP contribution is 2.41. The van der Waals surface area contributed by atoms with Crippen molar-refractivity contribution in [2.24, 2.45) is 21.8 Å². The minimum atomic E-state index is -0.267. The number of fused-ring (bicyclic) bond motifs is 3. The van der Waals surface area contributed by atoms with E-state index in [1.807, 2.05) is 22.0 Å². The third-order valence-corrected chi connectivity index (χ3v) is 6.99. The van der Waals surface area contributed by atoms with Gasteiger partial charge in [0.1, 0.15) is 5.82 Å². The number of hydrogen-bond donors (Lipinski definition) is 1. The zero-order valence-electron chi connectivity index (χ0n) is 18.6. The molecule has 172 valence electrons. The van der Waals surface area contributed by atoms with Crippen LogP contribution in [0.3, 0.4) is 0 Å². The molecule has 1 aliphatic carbocycles. The van der Waals surface area contributed by atoms with Crippen molar-refractivity contribution in [2.45, 2.75) is 25.3 Å². The summed E-state index contributed by atoms with van der Waals surface area (Å²) in [7, 11) is 1.61. The Morgan fingerprint density at radius 2 is 2.00 bits per heavy atom. The van der Waals surface area contributed by atoms with Crippen molar-refractivity contribution in [1.82, 2.24) is 20.6 Å². The number of ether oxygens (including phenoxy) is 1. The molecule has 3 aliphatic heterocycles. The summed E-state index contributed by atoms with van der Waals surface area (Å²) in [6, 6.07) is 8.79. The molecule has 0 radical (unpaired) electrons. The van der Waals surface area contributed by atoms with E-state index in [2.05, 4.69) is 20.5 Å². The highest BCUT2D eigenvalue weighted by molar-refractivity contribution is 6.21. The van der Waals surface area contributed by atoms with Crippen molar-refractivity contribution >= 4 is 23.3 Å². The SMILES string of the molecule is COc1cc(N2CC3CCC(C2)C3N=C2NN3CCCN=C3N2c2cccc(F)c2)cnn1. The molecule has 1 N–H and O–H groups in total. The lowest BCUT2D eigenvalue weighted by Crippen LogP contribution is -2.46. The van der Waals surface area contributed by atoms with E-state index in [0.29, 0.717) is 17.7 Å². The van der Waals surface area contributed by atoms with Crippen molar-refractivity contribution < 1.29 is 9.13 Å². The molecule has 4 aliphatic rings. The molecule has 0 spiro atoms. The summed E-state index contributed by atoms with van der Waals surface area (Å²) in [5.74, 6) is 2.67. The van der Waals surface area contributed by atoms with Gasteiger partial charge in [-0.2, -0.15) is 5.10 Å². The summed E-state index contributed by atoms with van der Waals surface area (Å²) >= 11 is 0. The van der Waals surface area contributed by atoms with Crippen molar-refractivity contribution in [3.05, 3.63) is 42.3 Å². The Morgan fingerprint density at radius 1 is 1.15 bits per heavy atom. The van der Waals surface area contributed by atoms with Crippen LogP contribution in [0.15, 0.2) is 46.5 Å². The maximum Gasteiger partial charge on any atom is 0.235 e. The Kier molecular flexibility index (Phi) is 5.00. The van der Waals surface area contributed by atoms with Gasteiger partial charge in [0.15, 0.2) is 0 Å². The highest BCUT2D eigenvalue weighted by atomic mass is 19.1. The van der Waals surface area contributed by atoms with Crippen LogP contribution in [0.1, 0.15) is 19.3 Å². The van der Waals surface area contributed by atoms with Crippen molar-refractivity contribution in [3.63, 3.8) is 0 Å². The lowest BCUT2D eigenvalue weighted by atomic mass is 9.92. The van der Waals surface area contributed by atoms with E-state index in [0.717, 1.165) is 68.7 Å². The topological polar surface area (TPSA) is 81.5 Å². The van der Waals surface area contributed by atoms with Gasteiger partial charge >= 0.3 is 0 Å². The second-order valence-corrected chi connectivity index (χ2v) is 9.02. The van der Waals surface area contributed by atoms with Crippen LogP contribution < -0.4 is 20.0 Å². The van der Waals surface area contributed by atoms with E-state index in [9.17, 15) is 4.39 Å². The summed E-state index contributed by atoms with van der Waals surface area (Å²) in [5.41, 5.74) is 5.22. The first kappa shape index (κ1) is 20.2. The van der Waals surface area contributed by atoms with Gasteiger partial charge in [-0.15, -0.1) is 5.10 Å². The Labute approximate surface area is 191 Å². The predicted octanol–water partition coefficient (Wildman–Crippen LogP) is 2.28. The fraction of sp³-hybridized carbons (Fsp3) is 0.478. The van der Waals surface area contributed by atoms with Gasteiger partial charge in [0.2, 0.25) is 17.8 Å². The maximum absolute atomic E-state index is 14.1. The average molecular weight is 451 g/mol. The smallest absolute Gasteiger partial charge is 0.235 e. The third kappa shape index (κ3) is 3.63. The second kappa shape index (κ2) is 8.17. The Bertz CT molecular complexity index is 1090. The standard InChI is InChI=1S/C23H27FN8O/c1-33-20-11-19(12-26-28-20)30-13-15-6-7-16(14-30)21(15)27-22-29-31-9-3-8-25-23(31)32(22)18-5-2-4-17(24)10-18/h2,4-5,10-12,15-16,21H,3,6-9,13-14H2,1H3,(H,27,29). The Balaban J connectivity index is 1.29. The molecule has 4 heterocycles. The number of rotatable bonds is 4. The van der Waals surface area contributed by atoms with Crippen LogP contribution in [0.25, 0.3) is 0 Å². The van der Waals surface area contributed by atoms with E-state index in [1.165, 1.54) is 6.07 Å². The predicted molar refractivity (Wildman–Crippen MR) is 124 cm³/mol. The molecule has 3 fully saturated rings. The normalized spacial score (nSPS) is 27.5. The summed E-state index contributed by atoms with van der Waals surface area (Å²) < 4.78 is 19.3. The van der Waals surface area contributed by atoms with Crippen molar-refractivity contribution in [3.8, 4) is 5.88 Å². The summed E-state index contributed by atoms with van der Waals surface area (Å²) in [4.78, 5) is 14.3. The molecular formula is C23H27FN8O. The van der Waals surface area contributed by atoms with Gasteiger partial charge in [0, 0.05) is 32.2 Å². The van der Waals surface area contributed by atoms with Gasteiger partial charge in [-0.3, -0.25) is 15.4 Å². The first-order chi connectivity index (χ1) is 16.2. The van der Waals surface area contributed by atoms with Crippen LogP contribution in [0.2, 0.25) is 0 Å². The minimum Gasteiger partial charge on any atom is -0.480 e. The van der Waals surface area contributed by atoms with Crippen LogP contribution in [0.5, 0.6) is 5.88 Å². The van der Waals surface area contributed by atoms with Crippen LogP contribution in [0.4, 0.5) is 15.8 Å². The number of hydrogen-bond acceptors (Lipinski definition) is 7. The maximum atomic E-state index is 14.1. The number of nitrogens with one attached hydrogen (secondary N) is 1. The van der Waals surface area contributed by atoms with Crippen molar-refractivity contribution in [2.75, 3.05) is 43.1 Å². The molecule has 2 bridgehead atoms. The number of anilines is 2. The zero-order valence-corrected chi connectivity index (χ0v) is 18.6. The summed E-state index contributed by atoms with van der Waals surface area (Å²) in [5, 5.41) is 10.1. The first-order valence-corrected chi connectivity index (χ1v) is 11.5. The number of benzene rings is 1. The molecule has 2 saturated heterocycles. The molecule has 1 saturated carbocycles. The van der Waals surface area contributed by atoms with Crippen molar-refractivity contribution in [1.29, 1.82) is 0 Å². The third-order valence-electron chi connectivity index (χ3n) is 6.99. The molecular weight excluding hydrogens is 423 g/mol. The molecule has 10 heteroatoms. The number of aromatic nitrogens is 2. The van der Waals surface area contributed by atoms with E-state index in [-0.39, 0.29) is 11.9 Å². The van der Waals surface area contributed by atoms with Crippen LogP contribution in [0, 0.1) is 17.7 Å². The minimum absolute atomic E-state index is 0.207. The summed E-state index contributed by atoms with van der Waals surface area (Å²) in [6.45, 7) is 3.44. The first-order valence-electron chi connectivity index (χ1n) is 11.5.